The second-order valence-electron chi connectivity index (χ2n) is 6.49. The maximum Gasteiger partial charge on any atom is 0.281 e. The first-order valence-electron chi connectivity index (χ1n) is 9.12. The molecule has 3 rings (SSSR count). The summed E-state index contributed by atoms with van der Waals surface area (Å²) in [5.74, 6) is 0.341. The molecule has 2 aromatic carbocycles. The van der Waals surface area contributed by atoms with Gasteiger partial charge in [0.2, 0.25) is 5.88 Å². The fraction of sp³-hybridized carbons (Fsp3) is 0.182. The van der Waals surface area contributed by atoms with Crippen molar-refractivity contribution < 1.29 is 9.84 Å². The van der Waals surface area contributed by atoms with E-state index in [1.807, 2.05) is 30.3 Å². The van der Waals surface area contributed by atoms with Crippen LogP contribution in [-0.2, 0) is 13.0 Å². The van der Waals surface area contributed by atoms with E-state index in [2.05, 4.69) is 10.2 Å². The summed E-state index contributed by atoms with van der Waals surface area (Å²) in [5, 5.41) is 28.5. The molecule has 8 heteroatoms. The molecule has 0 saturated carbocycles. The summed E-state index contributed by atoms with van der Waals surface area (Å²) in [6.45, 7) is 1.72. The average Bonchev–Trinajstić information content (AvgIpc) is 2.75. The number of methoxy groups -OCH3 is 1. The van der Waals surface area contributed by atoms with Crippen LogP contribution in [0.25, 0.3) is 0 Å². The molecule has 0 aliphatic heterocycles. The van der Waals surface area contributed by atoms with Gasteiger partial charge in [0.25, 0.3) is 5.56 Å². The Morgan fingerprint density at radius 2 is 1.87 bits per heavy atom. The number of hydrogen-bond acceptors (Lipinski definition) is 6. The first-order valence-corrected chi connectivity index (χ1v) is 9.49. The predicted octanol–water partition coefficient (Wildman–Crippen LogP) is 5.05. The second kappa shape index (κ2) is 9.25. The summed E-state index contributed by atoms with van der Waals surface area (Å²) in [4.78, 5) is 13.0. The molecule has 7 nitrogen and oxygen atoms in total. The molecule has 0 saturated heterocycles. The van der Waals surface area contributed by atoms with E-state index in [9.17, 15) is 15.2 Å². The summed E-state index contributed by atoms with van der Waals surface area (Å²) >= 11 is 6.09. The van der Waals surface area contributed by atoms with Crippen LogP contribution in [0, 0.1) is 18.3 Å². The van der Waals surface area contributed by atoms with Crippen LogP contribution >= 0.6 is 11.6 Å². The number of aryl methyl sites for hydroxylation is 1. The molecule has 0 spiro atoms. The molecular formula is C22H19ClN4O3. The zero-order valence-electron chi connectivity index (χ0n) is 16.5. The van der Waals surface area contributed by atoms with Gasteiger partial charge in [0, 0.05) is 12.1 Å². The van der Waals surface area contributed by atoms with E-state index >= 15 is 0 Å². The van der Waals surface area contributed by atoms with Crippen molar-refractivity contribution >= 4 is 23.0 Å². The number of pyridine rings is 1. The summed E-state index contributed by atoms with van der Waals surface area (Å²) in [5.41, 5.74) is 1.04. The Hall–Kier alpha value is -3.63. The molecule has 0 unspecified atom stereocenters. The van der Waals surface area contributed by atoms with E-state index in [0.717, 1.165) is 15.9 Å². The lowest BCUT2D eigenvalue weighted by Gasteiger charge is -2.13. The number of aromatic nitrogens is 1. The minimum absolute atomic E-state index is 0.0148. The largest absolute Gasteiger partial charge is 0.497 e. The second-order valence-corrected chi connectivity index (χ2v) is 6.90. The predicted molar refractivity (Wildman–Crippen MR) is 114 cm³/mol. The molecule has 3 aromatic rings. The first kappa shape index (κ1) is 21.1. The standard InChI is InChI=1S/C22H19ClN4O3/c1-14-17(13-24)21(28)27(12-11-15-7-9-16(30-2)10-8-15)22(29)20(14)26-25-19-6-4-3-5-18(19)23/h3-10,28H,11-12H2,1-2H3. The van der Waals surface area contributed by atoms with Crippen molar-refractivity contribution in [1.82, 2.24) is 4.57 Å². The van der Waals surface area contributed by atoms with Gasteiger partial charge in [-0.2, -0.15) is 5.26 Å². The molecule has 1 heterocycles. The third kappa shape index (κ3) is 4.34. The molecule has 152 valence electrons. The molecule has 0 fully saturated rings. The van der Waals surface area contributed by atoms with Crippen molar-refractivity contribution in [2.75, 3.05) is 7.11 Å². The number of nitrogens with zero attached hydrogens (tertiary/aromatic N) is 4. The highest BCUT2D eigenvalue weighted by Crippen LogP contribution is 2.29. The van der Waals surface area contributed by atoms with Gasteiger partial charge in [0.1, 0.15) is 23.1 Å². The lowest BCUT2D eigenvalue weighted by Crippen LogP contribution is -2.22. The third-order valence-electron chi connectivity index (χ3n) is 4.66. The van der Waals surface area contributed by atoms with Crippen molar-refractivity contribution in [3.05, 3.63) is 80.6 Å². The number of aromatic hydroxyl groups is 1. The number of azo groups is 1. The number of nitriles is 1. The minimum atomic E-state index is -0.534. The van der Waals surface area contributed by atoms with Crippen molar-refractivity contribution in [3.63, 3.8) is 0 Å². The van der Waals surface area contributed by atoms with Crippen LogP contribution in [0.2, 0.25) is 5.02 Å². The fourth-order valence-electron chi connectivity index (χ4n) is 2.93. The lowest BCUT2D eigenvalue weighted by atomic mass is 10.1. The van der Waals surface area contributed by atoms with Gasteiger partial charge in [0.15, 0.2) is 5.69 Å². The maximum atomic E-state index is 13.0. The Balaban J connectivity index is 1.99. The van der Waals surface area contributed by atoms with Crippen LogP contribution in [0.1, 0.15) is 16.7 Å². The maximum absolute atomic E-state index is 13.0. The van der Waals surface area contributed by atoms with Gasteiger partial charge in [-0.3, -0.25) is 9.36 Å². The van der Waals surface area contributed by atoms with Crippen LogP contribution in [0.15, 0.2) is 63.6 Å². The Morgan fingerprint density at radius 3 is 2.50 bits per heavy atom. The normalized spacial score (nSPS) is 10.9. The highest BCUT2D eigenvalue weighted by Gasteiger charge is 2.19. The molecule has 30 heavy (non-hydrogen) atoms. The zero-order chi connectivity index (χ0) is 21.7. The summed E-state index contributed by atoms with van der Waals surface area (Å²) < 4.78 is 6.27. The Morgan fingerprint density at radius 1 is 1.17 bits per heavy atom. The number of halogens is 1. The molecule has 0 bridgehead atoms. The van der Waals surface area contributed by atoms with Gasteiger partial charge in [-0.25, -0.2) is 0 Å². The third-order valence-corrected chi connectivity index (χ3v) is 4.98. The van der Waals surface area contributed by atoms with Gasteiger partial charge in [0.05, 0.1) is 12.1 Å². The number of rotatable bonds is 6. The fourth-order valence-corrected chi connectivity index (χ4v) is 3.11. The SMILES string of the molecule is COc1ccc(CCn2c(O)c(C#N)c(C)c(N=Nc3ccccc3Cl)c2=O)cc1. The average molecular weight is 423 g/mol. The molecule has 0 atom stereocenters. The molecule has 1 N–H and O–H groups in total. The van der Waals surface area contributed by atoms with Crippen molar-refractivity contribution in [2.45, 2.75) is 19.9 Å². The topological polar surface area (TPSA) is 100.0 Å². The number of ether oxygens (including phenoxy) is 1. The minimum Gasteiger partial charge on any atom is -0.497 e. The summed E-state index contributed by atoms with van der Waals surface area (Å²) in [7, 11) is 1.58. The summed E-state index contributed by atoms with van der Waals surface area (Å²) in [6.07, 6.45) is 0.465. The smallest absolute Gasteiger partial charge is 0.281 e. The van der Waals surface area contributed by atoms with Gasteiger partial charge >= 0.3 is 0 Å². The molecule has 0 aliphatic carbocycles. The van der Waals surface area contributed by atoms with E-state index in [1.54, 1.807) is 38.3 Å². The van der Waals surface area contributed by atoms with E-state index in [0.29, 0.717) is 17.1 Å². The van der Waals surface area contributed by atoms with Gasteiger partial charge in [-0.15, -0.1) is 10.2 Å². The van der Waals surface area contributed by atoms with E-state index < -0.39 is 5.56 Å². The van der Waals surface area contributed by atoms with Crippen LogP contribution in [0.3, 0.4) is 0 Å². The van der Waals surface area contributed by atoms with E-state index in [1.165, 1.54) is 0 Å². The van der Waals surface area contributed by atoms with Crippen molar-refractivity contribution in [3.8, 4) is 17.7 Å². The van der Waals surface area contributed by atoms with Crippen LogP contribution in [-0.4, -0.2) is 16.8 Å². The van der Waals surface area contributed by atoms with Crippen LogP contribution < -0.4 is 10.3 Å². The lowest BCUT2D eigenvalue weighted by molar-refractivity contribution is 0.403. The molecule has 0 aliphatic rings. The molecule has 0 amide bonds. The van der Waals surface area contributed by atoms with E-state index in [4.69, 9.17) is 16.3 Å². The first-order chi connectivity index (χ1) is 14.5. The van der Waals surface area contributed by atoms with Crippen LogP contribution in [0.5, 0.6) is 11.6 Å². The number of benzene rings is 2. The van der Waals surface area contributed by atoms with Crippen molar-refractivity contribution in [1.29, 1.82) is 5.26 Å². The quantitative estimate of drug-likeness (QED) is 0.561. The van der Waals surface area contributed by atoms with Crippen molar-refractivity contribution in [2.24, 2.45) is 10.2 Å². The Labute approximate surface area is 178 Å². The molecule has 1 aromatic heterocycles. The zero-order valence-corrected chi connectivity index (χ0v) is 17.2. The highest BCUT2D eigenvalue weighted by atomic mass is 35.5. The Bertz CT molecular complexity index is 1190. The van der Waals surface area contributed by atoms with Gasteiger partial charge in [-0.05, 0) is 43.2 Å². The van der Waals surface area contributed by atoms with E-state index in [-0.39, 0.29) is 29.2 Å². The summed E-state index contributed by atoms with van der Waals surface area (Å²) in [6, 6.07) is 16.1. The van der Waals surface area contributed by atoms with Gasteiger partial charge in [-0.1, -0.05) is 35.9 Å². The van der Waals surface area contributed by atoms with Crippen LogP contribution in [0.4, 0.5) is 11.4 Å². The highest BCUT2D eigenvalue weighted by molar-refractivity contribution is 6.32. The number of hydrogen-bond donors (Lipinski definition) is 1. The molecular weight excluding hydrogens is 404 g/mol. The Kier molecular flexibility index (Phi) is 6.50. The molecule has 0 radical (unpaired) electrons. The monoisotopic (exact) mass is 422 g/mol. The van der Waals surface area contributed by atoms with Gasteiger partial charge < -0.3 is 9.84 Å².